The van der Waals surface area contributed by atoms with Gasteiger partial charge in [-0.3, -0.25) is 14.9 Å². The lowest BCUT2D eigenvalue weighted by atomic mass is 10.0. The molecule has 0 spiro atoms. The number of urea groups is 1. The lowest BCUT2D eigenvalue weighted by molar-refractivity contribution is -0.122. The zero-order valence-electron chi connectivity index (χ0n) is 17.7. The van der Waals surface area contributed by atoms with Crippen molar-refractivity contribution in [3.63, 3.8) is 0 Å². The van der Waals surface area contributed by atoms with Gasteiger partial charge in [0.25, 0.3) is 11.8 Å². The summed E-state index contributed by atoms with van der Waals surface area (Å²) >= 11 is 6.67. The van der Waals surface area contributed by atoms with Crippen LogP contribution < -0.4 is 15.0 Å². The number of anilines is 1. The second-order valence-electron chi connectivity index (χ2n) is 7.32. The van der Waals surface area contributed by atoms with Crippen molar-refractivity contribution in [3.8, 4) is 5.75 Å². The summed E-state index contributed by atoms with van der Waals surface area (Å²) in [5.74, 6) is -2.09. The number of amides is 4. The summed E-state index contributed by atoms with van der Waals surface area (Å²) in [4.78, 5) is 51.8. The molecule has 4 rings (SSSR count). The van der Waals surface area contributed by atoms with E-state index in [0.717, 1.165) is 9.37 Å². The fourth-order valence-electron chi connectivity index (χ4n) is 3.32. The maximum Gasteiger partial charge on any atom is 0.343 e. The van der Waals surface area contributed by atoms with Gasteiger partial charge in [0.2, 0.25) is 0 Å². The zero-order chi connectivity index (χ0) is 24.4. The number of imide groups is 2. The van der Waals surface area contributed by atoms with Crippen LogP contribution in [-0.2, 0) is 9.59 Å². The molecule has 0 radical (unpaired) electrons. The molecule has 34 heavy (non-hydrogen) atoms. The van der Waals surface area contributed by atoms with Gasteiger partial charge in [0.15, 0.2) is 0 Å². The highest BCUT2D eigenvalue weighted by Gasteiger charge is 2.37. The van der Waals surface area contributed by atoms with E-state index in [4.69, 9.17) is 4.74 Å². The Labute approximate surface area is 211 Å². The third-order valence-electron chi connectivity index (χ3n) is 5.01. The first-order chi connectivity index (χ1) is 16.2. The van der Waals surface area contributed by atoms with E-state index in [1.807, 2.05) is 0 Å². The normalized spacial score (nSPS) is 14.9. The molecule has 1 aliphatic rings. The predicted molar refractivity (Wildman–Crippen MR) is 133 cm³/mol. The summed E-state index contributed by atoms with van der Waals surface area (Å²) in [6.45, 7) is 1.75. The van der Waals surface area contributed by atoms with Gasteiger partial charge in [-0.25, -0.2) is 14.5 Å². The largest absolute Gasteiger partial charge is 0.422 e. The summed E-state index contributed by atoms with van der Waals surface area (Å²) in [6.07, 6.45) is 1.30. The molecule has 0 unspecified atom stereocenters. The molecule has 7 nitrogen and oxygen atoms in total. The van der Waals surface area contributed by atoms with Gasteiger partial charge >= 0.3 is 12.0 Å². The first kappa shape index (κ1) is 23.6. The first-order valence-corrected chi connectivity index (χ1v) is 11.6. The summed E-state index contributed by atoms with van der Waals surface area (Å²) in [6, 6.07) is 17.4. The highest BCUT2D eigenvalue weighted by molar-refractivity contribution is 9.10. The molecule has 1 aliphatic heterocycles. The minimum absolute atomic E-state index is 0.142. The molecule has 3 aromatic rings. The second-order valence-corrected chi connectivity index (χ2v) is 9.15. The van der Waals surface area contributed by atoms with Crippen LogP contribution in [0.25, 0.3) is 6.08 Å². The van der Waals surface area contributed by atoms with Crippen molar-refractivity contribution in [2.45, 2.75) is 6.92 Å². The van der Waals surface area contributed by atoms with Gasteiger partial charge in [0, 0.05) is 14.5 Å². The number of halogens is 2. The van der Waals surface area contributed by atoms with Crippen LogP contribution in [0, 0.1) is 6.92 Å². The van der Waals surface area contributed by atoms with Crippen LogP contribution in [-0.4, -0.2) is 23.8 Å². The Bertz CT molecular complexity index is 1370. The highest BCUT2D eigenvalue weighted by atomic mass is 79.9. The van der Waals surface area contributed by atoms with Gasteiger partial charge in [-0.2, -0.15) is 0 Å². The van der Waals surface area contributed by atoms with E-state index in [0.29, 0.717) is 26.9 Å². The number of esters is 1. The van der Waals surface area contributed by atoms with E-state index >= 15 is 0 Å². The molecule has 0 aromatic heterocycles. The number of ether oxygens (including phenoxy) is 1. The monoisotopic (exact) mass is 582 g/mol. The molecule has 170 valence electrons. The quantitative estimate of drug-likeness (QED) is 0.192. The van der Waals surface area contributed by atoms with E-state index < -0.39 is 23.8 Å². The molecule has 9 heteroatoms. The molecular weight excluding hydrogens is 568 g/mol. The Hall–Kier alpha value is -3.56. The minimum atomic E-state index is -0.843. The Kier molecular flexibility index (Phi) is 6.76. The Morgan fingerprint density at radius 1 is 0.941 bits per heavy atom. The fraction of sp³-hybridized carbons (Fsp3) is 0.0400. The second kappa shape index (κ2) is 9.74. The van der Waals surface area contributed by atoms with Crippen molar-refractivity contribution >= 4 is 67.4 Å². The molecule has 0 atom stereocenters. The van der Waals surface area contributed by atoms with Crippen LogP contribution in [0.2, 0.25) is 0 Å². The minimum Gasteiger partial charge on any atom is -0.422 e. The van der Waals surface area contributed by atoms with E-state index in [-0.39, 0.29) is 11.3 Å². The van der Waals surface area contributed by atoms with Gasteiger partial charge < -0.3 is 4.74 Å². The van der Waals surface area contributed by atoms with Crippen LogP contribution >= 0.6 is 31.9 Å². The molecule has 3 aromatic carbocycles. The zero-order valence-corrected chi connectivity index (χ0v) is 20.8. The van der Waals surface area contributed by atoms with Crippen LogP contribution in [0.15, 0.2) is 81.2 Å². The number of carbonyl (C=O) groups excluding carboxylic acids is 4. The molecule has 0 saturated carbocycles. The number of rotatable bonds is 4. The maximum atomic E-state index is 13.2. The maximum absolute atomic E-state index is 13.2. The van der Waals surface area contributed by atoms with Crippen molar-refractivity contribution in [2.24, 2.45) is 0 Å². The smallest absolute Gasteiger partial charge is 0.343 e. The summed E-state index contributed by atoms with van der Waals surface area (Å²) in [5, 5.41) is 2.20. The summed E-state index contributed by atoms with van der Waals surface area (Å²) in [7, 11) is 0. The highest BCUT2D eigenvalue weighted by Crippen LogP contribution is 2.29. The number of benzene rings is 3. The molecule has 1 fully saturated rings. The number of para-hydroxylation sites is 1. The average molecular weight is 584 g/mol. The van der Waals surface area contributed by atoms with Crippen molar-refractivity contribution in [2.75, 3.05) is 4.90 Å². The van der Waals surface area contributed by atoms with E-state index in [9.17, 15) is 19.2 Å². The number of nitrogens with one attached hydrogen (secondary N) is 1. The van der Waals surface area contributed by atoms with Gasteiger partial charge in [-0.1, -0.05) is 50.1 Å². The SMILES string of the molecule is Cc1ccccc1N1C(=O)NC(=O)/C(=C/c2cc(Br)ccc2OC(=O)c2ccc(Br)cc2)C1=O. The topological polar surface area (TPSA) is 92.8 Å². The standard InChI is InChI=1S/C25H16Br2N2O5/c1-14-4-2-3-5-20(14)29-23(31)19(22(30)28-25(29)33)13-16-12-18(27)10-11-21(16)34-24(32)15-6-8-17(26)9-7-15/h2-13H,1H3,(H,28,30,33)/b19-13-. The Morgan fingerprint density at radius 2 is 1.62 bits per heavy atom. The number of hydrogen-bond acceptors (Lipinski definition) is 5. The van der Waals surface area contributed by atoms with Crippen molar-refractivity contribution in [1.82, 2.24) is 5.32 Å². The Morgan fingerprint density at radius 3 is 2.32 bits per heavy atom. The van der Waals surface area contributed by atoms with E-state index in [1.165, 1.54) is 6.08 Å². The molecule has 1 heterocycles. The van der Waals surface area contributed by atoms with Gasteiger partial charge in [-0.05, 0) is 67.1 Å². The average Bonchev–Trinajstić information content (AvgIpc) is 2.79. The van der Waals surface area contributed by atoms with E-state index in [1.54, 1.807) is 73.7 Å². The number of barbiturate groups is 1. The molecule has 4 amide bonds. The van der Waals surface area contributed by atoms with Crippen LogP contribution in [0.1, 0.15) is 21.5 Å². The third-order valence-corrected chi connectivity index (χ3v) is 6.03. The number of carbonyl (C=O) groups is 4. The van der Waals surface area contributed by atoms with Gasteiger partial charge in [-0.15, -0.1) is 0 Å². The van der Waals surface area contributed by atoms with Gasteiger partial charge in [0.05, 0.1) is 11.3 Å². The van der Waals surface area contributed by atoms with Gasteiger partial charge in [0.1, 0.15) is 11.3 Å². The molecule has 1 saturated heterocycles. The van der Waals surface area contributed by atoms with Crippen LogP contribution in [0.4, 0.5) is 10.5 Å². The fourth-order valence-corrected chi connectivity index (χ4v) is 3.96. The number of nitrogens with zero attached hydrogens (tertiary/aromatic N) is 1. The van der Waals surface area contributed by atoms with Crippen molar-refractivity contribution < 1.29 is 23.9 Å². The number of hydrogen-bond donors (Lipinski definition) is 1. The molecular formula is C25H16Br2N2O5. The van der Waals surface area contributed by atoms with Crippen molar-refractivity contribution in [3.05, 3.63) is 97.9 Å². The molecule has 1 N–H and O–H groups in total. The molecule has 0 aliphatic carbocycles. The lowest BCUT2D eigenvalue weighted by Crippen LogP contribution is -2.54. The summed E-state index contributed by atoms with van der Waals surface area (Å²) < 4.78 is 7.00. The van der Waals surface area contributed by atoms with Crippen LogP contribution in [0.5, 0.6) is 5.75 Å². The summed E-state index contributed by atoms with van der Waals surface area (Å²) in [5.41, 5.74) is 1.40. The number of aryl methyl sites for hydroxylation is 1. The lowest BCUT2D eigenvalue weighted by Gasteiger charge is -2.27. The van der Waals surface area contributed by atoms with Crippen LogP contribution in [0.3, 0.4) is 0 Å². The third kappa shape index (κ3) is 4.85. The van der Waals surface area contributed by atoms with Crippen molar-refractivity contribution in [1.29, 1.82) is 0 Å². The first-order valence-electron chi connectivity index (χ1n) is 9.99. The molecule has 0 bridgehead atoms. The van der Waals surface area contributed by atoms with E-state index in [2.05, 4.69) is 37.2 Å². The predicted octanol–water partition coefficient (Wildman–Crippen LogP) is 5.41. The Balaban J connectivity index is 1.72.